The first-order valence-electron chi connectivity index (χ1n) is 9.79. The first kappa shape index (κ1) is 20.4. The lowest BCUT2D eigenvalue weighted by Crippen LogP contribution is -2.41. The molecule has 1 aromatic carbocycles. The number of nitrogens with one attached hydrogen (secondary N) is 1. The fourth-order valence-corrected chi connectivity index (χ4v) is 3.84. The highest BCUT2D eigenvalue weighted by molar-refractivity contribution is 6.33. The number of aryl methyl sites for hydroxylation is 1. The molecule has 7 heteroatoms. The molecule has 150 valence electrons. The molecular weight excluding hydrogens is 378 g/mol. The van der Waals surface area contributed by atoms with E-state index < -0.39 is 12.1 Å². The molecular formula is C21H26ClN3O3. The quantitative estimate of drug-likeness (QED) is 0.599. The molecule has 1 atom stereocenters. The number of ether oxygens (including phenoxy) is 1. The first-order chi connectivity index (χ1) is 13.5. The highest BCUT2D eigenvalue weighted by Crippen LogP contribution is 2.25. The molecule has 1 fully saturated rings. The van der Waals surface area contributed by atoms with Crippen LogP contribution < -0.4 is 5.32 Å². The Kier molecular flexibility index (Phi) is 6.73. The van der Waals surface area contributed by atoms with E-state index in [1.807, 2.05) is 30.3 Å². The van der Waals surface area contributed by atoms with Crippen molar-refractivity contribution in [2.24, 2.45) is 0 Å². The summed E-state index contributed by atoms with van der Waals surface area (Å²) in [5, 5.41) is 7.52. The maximum atomic E-state index is 12.7. The zero-order valence-electron chi connectivity index (χ0n) is 16.3. The number of amides is 1. The van der Waals surface area contributed by atoms with Crippen LogP contribution in [-0.4, -0.2) is 33.8 Å². The maximum absolute atomic E-state index is 12.7. The zero-order chi connectivity index (χ0) is 20.1. The number of carbonyl (C=O) groups excluding carboxylic acids is 2. The van der Waals surface area contributed by atoms with Crippen molar-refractivity contribution < 1.29 is 14.3 Å². The second-order valence-electron chi connectivity index (χ2n) is 7.24. The van der Waals surface area contributed by atoms with E-state index in [1.165, 1.54) is 17.5 Å². The van der Waals surface area contributed by atoms with Gasteiger partial charge in [0, 0.05) is 6.04 Å². The Bertz CT molecular complexity index is 827. The van der Waals surface area contributed by atoms with Crippen LogP contribution in [0.25, 0.3) is 5.69 Å². The van der Waals surface area contributed by atoms with E-state index in [-0.39, 0.29) is 22.7 Å². The Morgan fingerprint density at radius 1 is 1.18 bits per heavy atom. The lowest BCUT2D eigenvalue weighted by Gasteiger charge is -2.19. The van der Waals surface area contributed by atoms with Crippen LogP contribution in [0.15, 0.2) is 30.3 Å². The zero-order valence-corrected chi connectivity index (χ0v) is 17.0. The average Bonchev–Trinajstić information content (AvgIpc) is 2.84. The summed E-state index contributed by atoms with van der Waals surface area (Å²) < 4.78 is 6.88. The van der Waals surface area contributed by atoms with Crippen LogP contribution in [0.5, 0.6) is 0 Å². The third-order valence-electron chi connectivity index (χ3n) is 5.06. The van der Waals surface area contributed by atoms with Crippen molar-refractivity contribution in [3.05, 3.63) is 46.7 Å². The molecule has 2 aromatic rings. The van der Waals surface area contributed by atoms with E-state index in [1.54, 1.807) is 13.8 Å². The second-order valence-corrected chi connectivity index (χ2v) is 7.60. The standard InChI is InChI=1S/C21H26ClN3O3/c1-14-18(19(22)25(24-14)17-12-8-5-9-13-17)21(27)28-15(2)20(26)23-16-10-6-3-4-7-11-16/h5,8-9,12-13,15-16H,3-4,6-7,10-11H2,1-2H3,(H,23,26)/t15-/m0/s1. The monoisotopic (exact) mass is 403 g/mol. The van der Waals surface area contributed by atoms with Gasteiger partial charge in [-0.15, -0.1) is 0 Å². The van der Waals surface area contributed by atoms with Crippen molar-refractivity contribution in [2.75, 3.05) is 0 Å². The van der Waals surface area contributed by atoms with Crippen LogP contribution in [0.3, 0.4) is 0 Å². The summed E-state index contributed by atoms with van der Waals surface area (Å²) in [4.78, 5) is 25.1. The molecule has 1 saturated carbocycles. The van der Waals surface area contributed by atoms with Crippen LogP contribution in [0.1, 0.15) is 61.5 Å². The summed E-state index contributed by atoms with van der Waals surface area (Å²) in [6.07, 6.45) is 5.70. The van der Waals surface area contributed by atoms with Crippen LogP contribution in [-0.2, 0) is 9.53 Å². The number of esters is 1. The smallest absolute Gasteiger partial charge is 0.344 e. The van der Waals surface area contributed by atoms with Gasteiger partial charge < -0.3 is 10.1 Å². The Balaban J connectivity index is 1.67. The molecule has 0 aliphatic heterocycles. The Hall–Kier alpha value is -2.34. The van der Waals surface area contributed by atoms with Crippen molar-refractivity contribution in [1.29, 1.82) is 0 Å². The lowest BCUT2D eigenvalue weighted by atomic mass is 10.1. The molecule has 6 nitrogen and oxygen atoms in total. The number of halogens is 1. The molecule has 0 radical (unpaired) electrons. The van der Waals surface area contributed by atoms with E-state index in [2.05, 4.69) is 10.4 Å². The SMILES string of the molecule is Cc1nn(-c2ccccc2)c(Cl)c1C(=O)O[C@@H](C)C(=O)NC1CCCCCC1. The summed E-state index contributed by atoms with van der Waals surface area (Å²) in [6.45, 7) is 3.27. The van der Waals surface area contributed by atoms with Gasteiger partial charge in [-0.2, -0.15) is 5.10 Å². The molecule has 1 aromatic heterocycles. The lowest BCUT2D eigenvalue weighted by molar-refractivity contribution is -0.129. The van der Waals surface area contributed by atoms with Gasteiger partial charge in [0.25, 0.3) is 5.91 Å². The number of hydrogen-bond acceptors (Lipinski definition) is 4. The number of carbonyl (C=O) groups is 2. The van der Waals surface area contributed by atoms with Gasteiger partial charge in [0.2, 0.25) is 0 Å². The van der Waals surface area contributed by atoms with Crippen LogP contribution in [0, 0.1) is 6.92 Å². The van der Waals surface area contributed by atoms with E-state index in [4.69, 9.17) is 16.3 Å². The van der Waals surface area contributed by atoms with Crippen LogP contribution in [0.2, 0.25) is 5.15 Å². The second kappa shape index (κ2) is 9.24. The summed E-state index contributed by atoms with van der Waals surface area (Å²) in [6, 6.07) is 9.45. The van der Waals surface area contributed by atoms with Gasteiger partial charge in [-0.25, -0.2) is 9.48 Å². The van der Waals surface area contributed by atoms with Crippen molar-refractivity contribution in [3.63, 3.8) is 0 Å². The third-order valence-corrected chi connectivity index (χ3v) is 5.41. The van der Waals surface area contributed by atoms with Gasteiger partial charge in [-0.1, -0.05) is 55.5 Å². The normalized spacial score (nSPS) is 16.2. The predicted octanol–water partition coefficient (Wildman–Crippen LogP) is 4.22. The van der Waals surface area contributed by atoms with E-state index in [0.29, 0.717) is 5.69 Å². The van der Waals surface area contributed by atoms with Gasteiger partial charge in [-0.05, 0) is 38.8 Å². The largest absolute Gasteiger partial charge is 0.449 e. The fourth-order valence-electron chi connectivity index (χ4n) is 3.49. The summed E-state index contributed by atoms with van der Waals surface area (Å²) in [7, 11) is 0. The molecule has 0 saturated heterocycles. The highest BCUT2D eigenvalue weighted by Gasteiger charge is 2.27. The first-order valence-corrected chi connectivity index (χ1v) is 10.2. The summed E-state index contributed by atoms with van der Waals surface area (Å²) in [5.41, 5.74) is 1.38. The molecule has 1 aliphatic rings. The molecule has 1 aliphatic carbocycles. The van der Waals surface area contributed by atoms with Crippen molar-refractivity contribution in [2.45, 2.75) is 64.5 Å². The topological polar surface area (TPSA) is 73.2 Å². The average molecular weight is 404 g/mol. The molecule has 28 heavy (non-hydrogen) atoms. The third kappa shape index (κ3) is 4.73. The van der Waals surface area contributed by atoms with Gasteiger partial charge in [0.05, 0.1) is 11.4 Å². The molecule has 1 heterocycles. The van der Waals surface area contributed by atoms with E-state index >= 15 is 0 Å². The minimum atomic E-state index is -0.897. The van der Waals surface area contributed by atoms with E-state index in [9.17, 15) is 9.59 Å². The number of aromatic nitrogens is 2. The Labute approximate surface area is 170 Å². The summed E-state index contributed by atoms with van der Waals surface area (Å²) >= 11 is 6.39. The van der Waals surface area contributed by atoms with Gasteiger partial charge in [-0.3, -0.25) is 4.79 Å². The molecule has 3 rings (SSSR count). The number of rotatable bonds is 5. The van der Waals surface area contributed by atoms with Crippen molar-refractivity contribution in [3.8, 4) is 5.69 Å². The summed E-state index contributed by atoms with van der Waals surface area (Å²) in [5.74, 6) is -0.919. The van der Waals surface area contributed by atoms with Gasteiger partial charge in [0.1, 0.15) is 10.7 Å². The molecule has 0 unspecified atom stereocenters. The molecule has 0 spiro atoms. The van der Waals surface area contributed by atoms with Crippen molar-refractivity contribution in [1.82, 2.24) is 15.1 Å². The number of nitrogens with zero attached hydrogens (tertiary/aromatic N) is 2. The molecule has 0 bridgehead atoms. The minimum Gasteiger partial charge on any atom is -0.449 e. The van der Waals surface area contributed by atoms with E-state index in [0.717, 1.165) is 31.4 Å². The van der Waals surface area contributed by atoms with Crippen LogP contribution in [0.4, 0.5) is 0 Å². The predicted molar refractivity (Wildman–Crippen MR) is 108 cm³/mol. The molecule has 1 N–H and O–H groups in total. The number of para-hydroxylation sites is 1. The molecule has 1 amide bonds. The number of benzene rings is 1. The van der Waals surface area contributed by atoms with Gasteiger partial charge >= 0.3 is 5.97 Å². The highest BCUT2D eigenvalue weighted by atomic mass is 35.5. The van der Waals surface area contributed by atoms with Crippen LogP contribution >= 0.6 is 11.6 Å². The maximum Gasteiger partial charge on any atom is 0.344 e. The Morgan fingerprint density at radius 3 is 2.46 bits per heavy atom. The fraction of sp³-hybridized carbons (Fsp3) is 0.476. The Morgan fingerprint density at radius 2 is 1.82 bits per heavy atom. The number of hydrogen-bond donors (Lipinski definition) is 1. The van der Waals surface area contributed by atoms with Crippen molar-refractivity contribution >= 4 is 23.5 Å². The minimum absolute atomic E-state index is 0.155. The van der Waals surface area contributed by atoms with Gasteiger partial charge in [0.15, 0.2) is 6.10 Å².